The third-order valence-electron chi connectivity index (χ3n) is 3.05. The normalized spacial score (nSPS) is 24.1. The molecule has 2 N–H and O–H groups in total. The van der Waals surface area contributed by atoms with Gasteiger partial charge in [-0.1, -0.05) is 6.42 Å². The van der Waals surface area contributed by atoms with Crippen LogP contribution in [-0.4, -0.2) is 50.8 Å². The van der Waals surface area contributed by atoms with Crippen molar-refractivity contribution in [2.75, 3.05) is 26.0 Å². The van der Waals surface area contributed by atoms with Gasteiger partial charge in [-0.2, -0.15) is 4.31 Å². The minimum absolute atomic E-state index is 0. The molecule has 5 nitrogen and oxygen atoms in total. The van der Waals surface area contributed by atoms with Crippen molar-refractivity contribution in [2.24, 2.45) is 5.73 Å². The fraction of sp³-hybridized carbons (Fsp3) is 1.00. The number of ether oxygens (including phenoxy) is 1. The van der Waals surface area contributed by atoms with Crippen molar-refractivity contribution >= 4 is 22.4 Å². The largest absolute Gasteiger partial charge is 0.381 e. The van der Waals surface area contributed by atoms with Gasteiger partial charge in [0.15, 0.2) is 0 Å². The number of rotatable bonds is 5. The van der Waals surface area contributed by atoms with Crippen LogP contribution >= 0.6 is 12.4 Å². The zero-order chi connectivity index (χ0) is 12.2. The van der Waals surface area contributed by atoms with E-state index in [1.165, 1.54) is 7.11 Å². The second kappa shape index (κ2) is 7.53. The van der Waals surface area contributed by atoms with Gasteiger partial charge in [-0.05, 0) is 19.8 Å². The molecule has 1 fully saturated rings. The summed E-state index contributed by atoms with van der Waals surface area (Å²) >= 11 is 0. The second-order valence-corrected chi connectivity index (χ2v) is 6.29. The van der Waals surface area contributed by atoms with Crippen LogP contribution in [0.4, 0.5) is 0 Å². The van der Waals surface area contributed by atoms with E-state index in [1.807, 2.05) is 0 Å². The summed E-state index contributed by atoms with van der Waals surface area (Å²) in [4.78, 5) is 0. The van der Waals surface area contributed by atoms with Crippen LogP contribution in [0.3, 0.4) is 0 Å². The average molecular weight is 287 g/mol. The van der Waals surface area contributed by atoms with Crippen molar-refractivity contribution in [1.82, 2.24) is 4.31 Å². The number of hydrogen-bond donors (Lipinski definition) is 1. The Morgan fingerprint density at radius 1 is 1.47 bits per heavy atom. The summed E-state index contributed by atoms with van der Waals surface area (Å²) < 4.78 is 30.8. The zero-order valence-electron chi connectivity index (χ0n) is 10.5. The molecule has 2 atom stereocenters. The molecule has 7 heteroatoms. The highest BCUT2D eigenvalue weighted by atomic mass is 35.5. The Kier molecular flexibility index (Phi) is 7.58. The van der Waals surface area contributed by atoms with E-state index >= 15 is 0 Å². The number of nitrogens with two attached hydrogens (primary N) is 1. The molecule has 0 radical (unpaired) electrons. The molecule has 1 saturated heterocycles. The van der Waals surface area contributed by atoms with E-state index in [0.717, 1.165) is 19.3 Å². The summed E-state index contributed by atoms with van der Waals surface area (Å²) in [5, 5.41) is 0. The Hall–Kier alpha value is 0.120. The van der Waals surface area contributed by atoms with Gasteiger partial charge in [-0.15, -0.1) is 12.4 Å². The van der Waals surface area contributed by atoms with Gasteiger partial charge < -0.3 is 10.5 Å². The summed E-state index contributed by atoms with van der Waals surface area (Å²) in [6.07, 6.45) is 2.59. The van der Waals surface area contributed by atoms with Gasteiger partial charge in [0.05, 0.1) is 11.9 Å². The number of piperidine rings is 1. The molecular weight excluding hydrogens is 264 g/mol. The maximum atomic E-state index is 12.1. The maximum absolute atomic E-state index is 12.1. The SMILES string of the molecule is COC(C)CS(=O)(=O)N1CCCCC1CN.Cl. The number of hydrogen-bond acceptors (Lipinski definition) is 4. The van der Waals surface area contributed by atoms with Crippen LogP contribution in [0, 0.1) is 0 Å². The van der Waals surface area contributed by atoms with Crippen LogP contribution in [0.5, 0.6) is 0 Å². The van der Waals surface area contributed by atoms with Gasteiger partial charge in [-0.3, -0.25) is 0 Å². The quantitative estimate of drug-likeness (QED) is 0.803. The molecule has 104 valence electrons. The van der Waals surface area contributed by atoms with Crippen molar-refractivity contribution in [2.45, 2.75) is 38.3 Å². The molecule has 17 heavy (non-hydrogen) atoms. The molecule has 0 bridgehead atoms. The first-order chi connectivity index (χ1) is 7.51. The van der Waals surface area contributed by atoms with Crippen LogP contribution in [0.25, 0.3) is 0 Å². The second-order valence-electron chi connectivity index (χ2n) is 4.32. The summed E-state index contributed by atoms with van der Waals surface area (Å²) in [5.74, 6) is 0.0417. The minimum Gasteiger partial charge on any atom is -0.381 e. The first kappa shape index (κ1) is 17.1. The molecule has 1 aliphatic rings. The zero-order valence-corrected chi connectivity index (χ0v) is 12.1. The van der Waals surface area contributed by atoms with Crippen molar-refractivity contribution in [3.63, 3.8) is 0 Å². The lowest BCUT2D eigenvalue weighted by atomic mass is 10.1. The topological polar surface area (TPSA) is 72.6 Å². The van der Waals surface area contributed by atoms with Crippen LogP contribution in [-0.2, 0) is 14.8 Å². The molecule has 1 heterocycles. The standard InChI is InChI=1S/C10H22N2O3S.ClH/c1-9(15-2)8-16(13,14)12-6-4-3-5-10(12)7-11;/h9-10H,3-8,11H2,1-2H3;1H. The van der Waals surface area contributed by atoms with E-state index in [2.05, 4.69) is 0 Å². The molecule has 0 spiro atoms. The molecule has 0 aromatic carbocycles. The fourth-order valence-electron chi connectivity index (χ4n) is 2.04. The Morgan fingerprint density at radius 2 is 2.12 bits per heavy atom. The molecule has 0 aromatic heterocycles. The number of halogens is 1. The lowest BCUT2D eigenvalue weighted by Crippen LogP contribution is -2.49. The highest BCUT2D eigenvalue weighted by Crippen LogP contribution is 2.20. The van der Waals surface area contributed by atoms with Gasteiger partial charge in [0.25, 0.3) is 0 Å². The van der Waals surface area contributed by atoms with Crippen LogP contribution in [0.2, 0.25) is 0 Å². The summed E-state index contributed by atoms with van der Waals surface area (Å²) in [6, 6.07) is -0.0252. The highest BCUT2D eigenvalue weighted by molar-refractivity contribution is 7.89. The molecule has 0 saturated carbocycles. The van der Waals surface area contributed by atoms with Crippen molar-refractivity contribution in [1.29, 1.82) is 0 Å². The van der Waals surface area contributed by atoms with Crippen LogP contribution in [0.1, 0.15) is 26.2 Å². The number of methoxy groups -OCH3 is 1. The minimum atomic E-state index is -3.23. The number of nitrogens with zero attached hydrogens (tertiary/aromatic N) is 1. The summed E-state index contributed by atoms with van der Waals surface area (Å²) in [7, 11) is -1.70. The summed E-state index contributed by atoms with van der Waals surface area (Å²) in [5.41, 5.74) is 5.62. The Morgan fingerprint density at radius 3 is 2.65 bits per heavy atom. The third kappa shape index (κ3) is 4.71. The average Bonchev–Trinajstić information content (AvgIpc) is 2.28. The van der Waals surface area contributed by atoms with Crippen molar-refractivity contribution in [3.05, 3.63) is 0 Å². The van der Waals surface area contributed by atoms with Gasteiger partial charge in [-0.25, -0.2) is 8.42 Å². The molecular formula is C10H23ClN2O3S. The fourth-order valence-corrected chi connectivity index (χ4v) is 4.01. The van der Waals surface area contributed by atoms with E-state index in [0.29, 0.717) is 13.1 Å². The maximum Gasteiger partial charge on any atom is 0.216 e. The lowest BCUT2D eigenvalue weighted by Gasteiger charge is -2.34. The number of sulfonamides is 1. The van der Waals surface area contributed by atoms with E-state index in [4.69, 9.17) is 10.5 Å². The molecule has 2 unspecified atom stereocenters. The van der Waals surface area contributed by atoms with Gasteiger partial charge in [0.1, 0.15) is 0 Å². The van der Waals surface area contributed by atoms with Crippen LogP contribution < -0.4 is 5.73 Å². The van der Waals surface area contributed by atoms with Crippen molar-refractivity contribution < 1.29 is 13.2 Å². The summed E-state index contributed by atoms with van der Waals surface area (Å²) in [6.45, 7) is 2.76. The highest BCUT2D eigenvalue weighted by Gasteiger charge is 2.32. The Labute approximate surface area is 110 Å². The van der Waals surface area contributed by atoms with Crippen molar-refractivity contribution in [3.8, 4) is 0 Å². The predicted molar refractivity (Wildman–Crippen MR) is 70.9 cm³/mol. The molecule has 1 rings (SSSR count). The van der Waals surface area contributed by atoms with E-state index in [1.54, 1.807) is 11.2 Å². The van der Waals surface area contributed by atoms with Crippen LogP contribution in [0.15, 0.2) is 0 Å². The molecule has 0 amide bonds. The first-order valence-corrected chi connectivity index (χ1v) is 7.34. The monoisotopic (exact) mass is 286 g/mol. The van der Waals surface area contributed by atoms with Gasteiger partial charge >= 0.3 is 0 Å². The molecule has 0 aliphatic carbocycles. The first-order valence-electron chi connectivity index (χ1n) is 5.73. The Balaban J connectivity index is 0.00000256. The molecule has 0 aromatic rings. The van der Waals surface area contributed by atoms with E-state index in [-0.39, 0.29) is 30.3 Å². The molecule has 1 aliphatic heterocycles. The van der Waals surface area contributed by atoms with E-state index in [9.17, 15) is 8.42 Å². The third-order valence-corrected chi connectivity index (χ3v) is 5.14. The predicted octanol–water partition coefficient (Wildman–Crippen LogP) is 0.586. The van der Waals surface area contributed by atoms with E-state index < -0.39 is 10.0 Å². The lowest BCUT2D eigenvalue weighted by molar-refractivity contribution is 0.133. The van der Waals surface area contributed by atoms with Gasteiger partial charge in [0, 0.05) is 26.2 Å². The van der Waals surface area contributed by atoms with Gasteiger partial charge in [0.2, 0.25) is 10.0 Å². The smallest absolute Gasteiger partial charge is 0.216 e. The Bertz CT molecular complexity index is 311.